The summed E-state index contributed by atoms with van der Waals surface area (Å²) in [5.41, 5.74) is 3.89. The van der Waals surface area contributed by atoms with Crippen LogP contribution in [-0.2, 0) is 12.3 Å². The van der Waals surface area contributed by atoms with Crippen LogP contribution in [0, 0.1) is 19.8 Å². The molecular weight excluding hydrogens is 252 g/mol. The molecule has 100 valence electrons. The third-order valence-corrected chi connectivity index (χ3v) is 5.03. The topological polar surface area (TPSA) is 17.8 Å². The Kier molecular flexibility index (Phi) is 3.65. The molecule has 3 heteroatoms. The van der Waals surface area contributed by atoms with Crippen molar-refractivity contribution < 1.29 is 0 Å². The normalized spacial score (nSPS) is 14.8. The number of benzene rings is 1. The van der Waals surface area contributed by atoms with E-state index in [9.17, 15) is 0 Å². The molecule has 1 aliphatic rings. The highest BCUT2D eigenvalue weighted by Gasteiger charge is 2.24. The van der Waals surface area contributed by atoms with Gasteiger partial charge in [-0.3, -0.25) is 4.68 Å². The molecule has 0 atom stereocenters. The van der Waals surface area contributed by atoms with Crippen LogP contribution in [0.15, 0.2) is 35.2 Å². The van der Waals surface area contributed by atoms with Crippen molar-refractivity contribution in [1.29, 1.82) is 0 Å². The summed E-state index contributed by atoms with van der Waals surface area (Å²) in [5.74, 6) is 1.91. The van der Waals surface area contributed by atoms with E-state index in [2.05, 4.69) is 48.9 Å². The molecule has 0 aliphatic heterocycles. The van der Waals surface area contributed by atoms with Gasteiger partial charge in [-0.05, 0) is 38.2 Å². The molecule has 0 N–H and O–H groups in total. The number of aromatic nitrogens is 2. The number of hydrogen-bond donors (Lipinski definition) is 0. The van der Waals surface area contributed by atoms with Gasteiger partial charge in [-0.2, -0.15) is 5.10 Å². The summed E-state index contributed by atoms with van der Waals surface area (Å²) in [7, 11) is 0. The zero-order valence-corrected chi connectivity index (χ0v) is 12.4. The quantitative estimate of drug-likeness (QED) is 0.759. The molecule has 1 fully saturated rings. The average Bonchev–Trinajstić information content (AvgIpc) is 3.18. The summed E-state index contributed by atoms with van der Waals surface area (Å²) in [6, 6.07) is 10.6. The van der Waals surface area contributed by atoms with Crippen LogP contribution >= 0.6 is 11.8 Å². The summed E-state index contributed by atoms with van der Waals surface area (Å²) in [4.78, 5) is 1.37. The van der Waals surface area contributed by atoms with E-state index in [1.54, 1.807) is 0 Å². The van der Waals surface area contributed by atoms with Gasteiger partial charge in [0.2, 0.25) is 0 Å². The van der Waals surface area contributed by atoms with Crippen molar-refractivity contribution >= 4 is 11.8 Å². The van der Waals surface area contributed by atoms with E-state index < -0.39 is 0 Å². The first-order valence-electron chi connectivity index (χ1n) is 6.95. The molecule has 1 aliphatic carbocycles. The van der Waals surface area contributed by atoms with Gasteiger partial charge < -0.3 is 0 Å². The summed E-state index contributed by atoms with van der Waals surface area (Å²) < 4.78 is 2.21. The summed E-state index contributed by atoms with van der Waals surface area (Å²) in [6.45, 7) is 5.44. The van der Waals surface area contributed by atoms with Crippen LogP contribution < -0.4 is 0 Å². The van der Waals surface area contributed by atoms with Crippen LogP contribution in [0.1, 0.15) is 29.8 Å². The van der Waals surface area contributed by atoms with Gasteiger partial charge in [-0.1, -0.05) is 30.3 Å². The molecule has 2 nitrogen and oxygen atoms in total. The average molecular weight is 272 g/mol. The molecule has 0 bridgehead atoms. The Balaban J connectivity index is 1.71. The van der Waals surface area contributed by atoms with Gasteiger partial charge in [-0.15, -0.1) is 11.8 Å². The SMILES string of the molecule is Cc1nn(CC2CC2)c(C)c1SCc1ccccc1. The van der Waals surface area contributed by atoms with Gasteiger partial charge in [0.1, 0.15) is 0 Å². The summed E-state index contributed by atoms with van der Waals surface area (Å²) in [5, 5.41) is 4.70. The van der Waals surface area contributed by atoms with E-state index >= 15 is 0 Å². The van der Waals surface area contributed by atoms with Gasteiger partial charge in [-0.25, -0.2) is 0 Å². The maximum absolute atomic E-state index is 4.70. The molecule has 0 spiro atoms. The highest BCUT2D eigenvalue weighted by atomic mass is 32.2. The van der Waals surface area contributed by atoms with Crippen molar-refractivity contribution in [1.82, 2.24) is 9.78 Å². The van der Waals surface area contributed by atoms with Crippen LogP contribution in [-0.4, -0.2) is 9.78 Å². The van der Waals surface area contributed by atoms with Crippen LogP contribution in [0.4, 0.5) is 0 Å². The van der Waals surface area contributed by atoms with E-state index in [0.717, 1.165) is 18.2 Å². The van der Waals surface area contributed by atoms with Crippen molar-refractivity contribution in [3.8, 4) is 0 Å². The zero-order valence-electron chi connectivity index (χ0n) is 11.6. The molecule has 1 aromatic heterocycles. The lowest BCUT2D eigenvalue weighted by molar-refractivity contribution is 0.546. The molecular formula is C16H20N2S. The van der Waals surface area contributed by atoms with E-state index in [4.69, 9.17) is 5.10 Å². The lowest BCUT2D eigenvalue weighted by Crippen LogP contribution is -2.03. The summed E-state index contributed by atoms with van der Waals surface area (Å²) >= 11 is 1.91. The Hall–Kier alpha value is -1.22. The fourth-order valence-corrected chi connectivity index (χ4v) is 3.41. The van der Waals surface area contributed by atoms with Gasteiger partial charge >= 0.3 is 0 Å². The molecule has 0 saturated heterocycles. The second-order valence-corrected chi connectivity index (χ2v) is 6.39. The molecule has 1 saturated carbocycles. The Labute approximate surface area is 119 Å². The first-order valence-corrected chi connectivity index (χ1v) is 7.93. The number of aryl methyl sites for hydroxylation is 1. The predicted octanol–water partition coefficient (Wildman–Crippen LogP) is 4.20. The fraction of sp³-hybridized carbons (Fsp3) is 0.438. The lowest BCUT2D eigenvalue weighted by Gasteiger charge is -2.04. The standard InChI is InChI=1S/C16H20N2S/c1-12-16(19-11-15-6-4-3-5-7-15)13(2)18(17-12)10-14-8-9-14/h3-7,14H,8-11H2,1-2H3. The van der Waals surface area contributed by atoms with E-state index in [-0.39, 0.29) is 0 Å². The fourth-order valence-electron chi connectivity index (χ4n) is 2.34. The Morgan fingerprint density at radius 2 is 1.95 bits per heavy atom. The van der Waals surface area contributed by atoms with Crippen LogP contribution in [0.3, 0.4) is 0 Å². The van der Waals surface area contributed by atoms with Crippen molar-refractivity contribution in [2.45, 2.75) is 43.9 Å². The highest BCUT2D eigenvalue weighted by molar-refractivity contribution is 7.98. The van der Waals surface area contributed by atoms with Crippen LogP contribution in [0.2, 0.25) is 0 Å². The van der Waals surface area contributed by atoms with Crippen LogP contribution in [0.5, 0.6) is 0 Å². The third-order valence-electron chi connectivity index (χ3n) is 3.67. The minimum Gasteiger partial charge on any atom is -0.268 e. The Bertz CT molecular complexity index is 556. The second kappa shape index (κ2) is 5.41. The number of thioether (sulfide) groups is 1. The largest absolute Gasteiger partial charge is 0.268 e. The number of nitrogens with zero attached hydrogens (tertiary/aromatic N) is 2. The first kappa shape index (κ1) is 12.8. The Morgan fingerprint density at radius 1 is 1.21 bits per heavy atom. The van der Waals surface area contributed by atoms with E-state index in [0.29, 0.717) is 0 Å². The third kappa shape index (κ3) is 3.03. The zero-order chi connectivity index (χ0) is 13.2. The molecule has 0 amide bonds. The highest BCUT2D eigenvalue weighted by Crippen LogP contribution is 2.34. The molecule has 0 unspecified atom stereocenters. The number of hydrogen-bond acceptors (Lipinski definition) is 2. The second-order valence-electron chi connectivity index (χ2n) is 5.40. The molecule has 0 radical (unpaired) electrons. The van der Waals surface area contributed by atoms with E-state index in [1.807, 2.05) is 11.8 Å². The molecule has 1 aromatic carbocycles. The molecule has 3 rings (SSSR count). The van der Waals surface area contributed by atoms with Gasteiger partial charge in [0.15, 0.2) is 0 Å². The predicted molar refractivity (Wildman–Crippen MR) is 80.4 cm³/mol. The maximum Gasteiger partial charge on any atom is 0.0732 e. The minimum atomic E-state index is 0.880. The summed E-state index contributed by atoms with van der Waals surface area (Å²) in [6.07, 6.45) is 2.76. The van der Waals surface area contributed by atoms with Crippen molar-refractivity contribution in [2.75, 3.05) is 0 Å². The molecule has 1 heterocycles. The van der Waals surface area contributed by atoms with Gasteiger partial charge in [0, 0.05) is 18.0 Å². The first-order chi connectivity index (χ1) is 9.24. The smallest absolute Gasteiger partial charge is 0.0732 e. The van der Waals surface area contributed by atoms with Gasteiger partial charge in [0.05, 0.1) is 10.6 Å². The molecule has 2 aromatic rings. The van der Waals surface area contributed by atoms with Crippen molar-refractivity contribution in [3.05, 3.63) is 47.3 Å². The molecule has 19 heavy (non-hydrogen) atoms. The van der Waals surface area contributed by atoms with E-state index in [1.165, 1.54) is 34.7 Å². The minimum absolute atomic E-state index is 0.880. The van der Waals surface area contributed by atoms with Crippen molar-refractivity contribution in [2.24, 2.45) is 5.92 Å². The monoisotopic (exact) mass is 272 g/mol. The van der Waals surface area contributed by atoms with Crippen LogP contribution in [0.25, 0.3) is 0 Å². The Morgan fingerprint density at radius 3 is 2.63 bits per heavy atom. The maximum atomic E-state index is 4.70. The van der Waals surface area contributed by atoms with Gasteiger partial charge in [0.25, 0.3) is 0 Å². The number of rotatable bonds is 5. The van der Waals surface area contributed by atoms with Crippen molar-refractivity contribution in [3.63, 3.8) is 0 Å². The lowest BCUT2D eigenvalue weighted by atomic mass is 10.2.